The van der Waals surface area contributed by atoms with Gasteiger partial charge in [0.25, 0.3) is 0 Å². The van der Waals surface area contributed by atoms with E-state index >= 15 is 0 Å². The topological polar surface area (TPSA) is 90.3 Å². The van der Waals surface area contributed by atoms with Crippen LogP contribution < -0.4 is 9.64 Å². The summed E-state index contributed by atoms with van der Waals surface area (Å²) >= 11 is 0. The Morgan fingerprint density at radius 1 is 0.974 bits per heavy atom. The number of carbonyl (C=O) groups excluding carboxylic acids is 1. The van der Waals surface area contributed by atoms with Gasteiger partial charge in [0.1, 0.15) is 23.7 Å². The number of aromatic carboxylic acids is 1. The number of carbonyl (C=O) groups is 2. The van der Waals surface area contributed by atoms with Gasteiger partial charge in [-0.25, -0.2) is 4.79 Å². The molecule has 0 radical (unpaired) electrons. The molecule has 7 nitrogen and oxygen atoms in total. The monoisotopic (exact) mass is 528 g/mol. The Hall–Kier alpha value is -4.10. The molecule has 3 aromatic carbocycles. The van der Waals surface area contributed by atoms with Gasteiger partial charge in [-0.1, -0.05) is 63.2 Å². The minimum absolute atomic E-state index is 0.184. The maximum atomic E-state index is 13.4. The highest BCUT2D eigenvalue weighted by atomic mass is 16.5. The van der Waals surface area contributed by atoms with Gasteiger partial charge in [-0.2, -0.15) is 0 Å². The first kappa shape index (κ1) is 27.9. The molecule has 1 aliphatic heterocycles. The number of ketones is 1. The second-order valence-corrected chi connectivity index (χ2v) is 11.0. The summed E-state index contributed by atoms with van der Waals surface area (Å²) in [5.74, 6) is -0.942. The number of nitrogens with zero attached hydrogens (tertiary/aromatic N) is 2. The maximum absolute atomic E-state index is 13.4. The molecule has 1 aliphatic rings. The number of anilines is 1. The molecule has 0 saturated carbocycles. The zero-order valence-corrected chi connectivity index (χ0v) is 23.0. The van der Waals surface area contributed by atoms with Gasteiger partial charge >= 0.3 is 5.97 Å². The van der Waals surface area contributed by atoms with Crippen LogP contribution in [-0.4, -0.2) is 60.1 Å². The number of benzene rings is 3. The zero-order chi connectivity index (χ0) is 28.2. The predicted molar refractivity (Wildman–Crippen MR) is 154 cm³/mol. The molecule has 7 heteroatoms. The minimum Gasteiger partial charge on any atom is -0.507 e. The molecule has 3 aromatic rings. The summed E-state index contributed by atoms with van der Waals surface area (Å²) in [6.45, 7) is 10.2. The molecule has 39 heavy (non-hydrogen) atoms. The van der Waals surface area contributed by atoms with Crippen molar-refractivity contribution >= 4 is 23.5 Å². The van der Waals surface area contributed by atoms with Crippen LogP contribution in [0.5, 0.6) is 11.5 Å². The molecule has 204 valence electrons. The number of piperazine rings is 1. The maximum Gasteiger partial charge on any atom is 0.339 e. The van der Waals surface area contributed by atoms with E-state index in [0.717, 1.165) is 48.7 Å². The minimum atomic E-state index is -1.21. The van der Waals surface area contributed by atoms with E-state index in [0.29, 0.717) is 17.7 Å². The molecule has 0 aromatic heterocycles. The number of hydrogen-bond acceptors (Lipinski definition) is 6. The summed E-state index contributed by atoms with van der Waals surface area (Å²) in [6.07, 6.45) is 3.04. The summed E-state index contributed by atoms with van der Waals surface area (Å²) in [5.41, 5.74) is 3.54. The molecule has 1 heterocycles. The predicted octanol–water partition coefficient (Wildman–Crippen LogP) is 5.61. The number of carboxylic acid groups (broad SMARTS) is 1. The third-order valence-corrected chi connectivity index (χ3v) is 6.91. The van der Waals surface area contributed by atoms with Gasteiger partial charge in [0, 0.05) is 37.3 Å². The largest absolute Gasteiger partial charge is 0.507 e. The van der Waals surface area contributed by atoms with Gasteiger partial charge < -0.3 is 24.7 Å². The number of ether oxygens (including phenoxy) is 1. The second-order valence-electron chi connectivity index (χ2n) is 11.0. The molecule has 4 rings (SSSR count). The second kappa shape index (κ2) is 11.7. The highest BCUT2D eigenvalue weighted by Crippen LogP contribution is 2.41. The number of likely N-dealkylation sites (N-methyl/N-ethyl adjacent to an activating group) is 1. The van der Waals surface area contributed by atoms with E-state index in [4.69, 9.17) is 9.84 Å². The number of aromatic hydroxyl groups is 1. The Morgan fingerprint density at radius 3 is 2.28 bits per heavy atom. The van der Waals surface area contributed by atoms with Crippen molar-refractivity contribution in [2.75, 3.05) is 38.1 Å². The molecule has 0 amide bonds. The molecular formula is C32H36N2O5. The molecule has 1 fully saturated rings. The van der Waals surface area contributed by atoms with Gasteiger partial charge in [0.05, 0.1) is 5.69 Å². The molecular weight excluding hydrogens is 492 g/mol. The Labute approximate surface area is 230 Å². The van der Waals surface area contributed by atoms with Crippen LogP contribution in [0.2, 0.25) is 0 Å². The number of phenols is 1. The van der Waals surface area contributed by atoms with Crippen molar-refractivity contribution < 1.29 is 24.5 Å². The van der Waals surface area contributed by atoms with Crippen LogP contribution in [0, 0.1) is 0 Å². The molecule has 2 N–H and O–H groups in total. The van der Waals surface area contributed by atoms with Gasteiger partial charge in [0.15, 0.2) is 5.78 Å². The van der Waals surface area contributed by atoms with Crippen LogP contribution in [0.3, 0.4) is 0 Å². The van der Waals surface area contributed by atoms with E-state index in [2.05, 4.69) is 37.6 Å². The standard InChI is InChI=1S/C32H36N2O5/c1-32(2,3)26-19-24(28(35)13-11-22-10-12-25(31(37)38)29(36)18-22)20-27(34-16-14-33(4)15-17-34)30(26)39-21-23-8-6-5-7-9-23/h5-13,18-20,36H,14-17,21H2,1-4H3,(H,37,38). The molecule has 0 aliphatic carbocycles. The smallest absolute Gasteiger partial charge is 0.339 e. The Balaban J connectivity index is 1.72. The summed E-state index contributed by atoms with van der Waals surface area (Å²) in [4.78, 5) is 29.2. The van der Waals surface area contributed by atoms with E-state index in [1.165, 1.54) is 18.2 Å². The SMILES string of the molecule is CN1CCN(c2cc(C(=O)C=Cc3ccc(C(=O)O)c(O)c3)cc(C(C)(C)C)c2OCc2ccccc2)CC1. The average molecular weight is 529 g/mol. The van der Waals surface area contributed by atoms with E-state index in [9.17, 15) is 14.7 Å². The van der Waals surface area contributed by atoms with E-state index < -0.39 is 5.97 Å². The fraction of sp³-hybridized carbons (Fsp3) is 0.312. The molecule has 0 spiro atoms. The lowest BCUT2D eigenvalue weighted by Gasteiger charge is -2.36. The lowest BCUT2D eigenvalue weighted by atomic mass is 9.84. The van der Waals surface area contributed by atoms with Gasteiger partial charge in [-0.15, -0.1) is 0 Å². The molecule has 0 atom stereocenters. The molecule has 0 bridgehead atoms. The summed E-state index contributed by atoms with van der Waals surface area (Å²) in [5, 5.41) is 19.1. The van der Waals surface area contributed by atoms with E-state index in [1.807, 2.05) is 42.5 Å². The van der Waals surface area contributed by atoms with Gasteiger partial charge in [-0.05, 0) is 53.9 Å². The van der Waals surface area contributed by atoms with Crippen LogP contribution in [-0.2, 0) is 12.0 Å². The first-order valence-corrected chi connectivity index (χ1v) is 13.1. The van der Waals surface area contributed by atoms with E-state index in [-0.39, 0.29) is 22.5 Å². The third-order valence-electron chi connectivity index (χ3n) is 6.91. The normalized spacial score (nSPS) is 14.5. The molecule has 0 unspecified atom stereocenters. The van der Waals surface area contributed by atoms with Crippen molar-refractivity contribution in [2.45, 2.75) is 32.8 Å². The fourth-order valence-corrected chi connectivity index (χ4v) is 4.58. The van der Waals surface area contributed by atoms with Crippen molar-refractivity contribution in [1.29, 1.82) is 0 Å². The number of rotatable bonds is 8. The van der Waals surface area contributed by atoms with Crippen LogP contribution >= 0.6 is 0 Å². The first-order chi connectivity index (χ1) is 18.5. The quantitative estimate of drug-likeness (QED) is 0.290. The van der Waals surface area contributed by atoms with Crippen molar-refractivity contribution in [3.63, 3.8) is 0 Å². The fourth-order valence-electron chi connectivity index (χ4n) is 4.58. The van der Waals surface area contributed by atoms with Gasteiger partial charge in [-0.3, -0.25) is 4.79 Å². The summed E-state index contributed by atoms with van der Waals surface area (Å²) in [7, 11) is 2.11. The Bertz CT molecular complexity index is 1370. The molecule has 1 saturated heterocycles. The van der Waals surface area contributed by atoms with Crippen molar-refractivity contribution in [1.82, 2.24) is 4.90 Å². The van der Waals surface area contributed by atoms with Crippen molar-refractivity contribution in [3.05, 3.63) is 94.6 Å². The number of allylic oxidation sites excluding steroid dienone is 1. The average Bonchev–Trinajstić information content (AvgIpc) is 2.90. The van der Waals surface area contributed by atoms with Crippen LogP contribution in [0.25, 0.3) is 6.08 Å². The number of carboxylic acids is 1. The van der Waals surface area contributed by atoms with Gasteiger partial charge in [0.2, 0.25) is 0 Å². The third kappa shape index (κ3) is 6.86. The Morgan fingerprint density at radius 2 is 1.67 bits per heavy atom. The lowest BCUT2D eigenvalue weighted by molar-refractivity contribution is 0.0693. The summed E-state index contributed by atoms with van der Waals surface area (Å²) < 4.78 is 6.51. The van der Waals surface area contributed by atoms with E-state index in [1.54, 1.807) is 12.1 Å². The van der Waals surface area contributed by atoms with Crippen LogP contribution in [0.4, 0.5) is 5.69 Å². The summed E-state index contributed by atoms with van der Waals surface area (Å²) in [6, 6.07) is 18.1. The van der Waals surface area contributed by atoms with Crippen molar-refractivity contribution in [2.24, 2.45) is 0 Å². The zero-order valence-electron chi connectivity index (χ0n) is 23.0. The van der Waals surface area contributed by atoms with Crippen LogP contribution in [0.1, 0.15) is 58.2 Å². The van der Waals surface area contributed by atoms with Crippen LogP contribution in [0.15, 0.2) is 66.7 Å². The highest BCUT2D eigenvalue weighted by Gasteiger charge is 2.27. The first-order valence-electron chi connectivity index (χ1n) is 13.1. The number of hydrogen-bond donors (Lipinski definition) is 2. The lowest BCUT2D eigenvalue weighted by Crippen LogP contribution is -2.44. The highest BCUT2D eigenvalue weighted by molar-refractivity contribution is 6.08. The Kier molecular flexibility index (Phi) is 8.41. The van der Waals surface area contributed by atoms with Crippen molar-refractivity contribution in [3.8, 4) is 11.5 Å².